The molecule has 3 N–H and O–H groups in total. The largest absolute Gasteiger partial charge is 0.468 e. The molecule has 0 radical (unpaired) electrons. The molecule has 3 heterocycles. The number of nitrogens with one attached hydrogen (secondary N) is 1. The molecule has 0 bridgehead atoms. The molecule has 4 atom stereocenters. The molecule has 1 aromatic heterocycles. The third-order valence-corrected chi connectivity index (χ3v) is 9.85. The van der Waals surface area contributed by atoms with Gasteiger partial charge in [0.15, 0.2) is 0 Å². The van der Waals surface area contributed by atoms with Crippen LogP contribution in [0, 0.1) is 23.0 Å². The first-order valence-corrected chi connectivity index (χ1v) is 18.4. The zero-order valence-electron chi connectivity index (χ0n) is 32.1. The van der Waals surface area contributed by atoms with Crippen LogP contribution in [0.2, 0.25) is 0 Å². The minimum atomic E-state index is -1.40. The summed E-state index contributed by atoms with van der Waals surface area (Å²) < 4.78 is 50.8. The highest BCUT2D eigenvalue weighted by Gasteiger charge is 2.44. The van der Waals surface area contributed by atoms with E-state index in [1.807, 2.05) is 56.1 Å². The van der Waals surface area contributed by atoms with Crippen LogP contribution < -0.4 is 5.32 Å². The SMILES string of the molecule is CN(CCO)CCN1C(=O)C=CC1=O.C[C@H](O)C(=O)N(CC1CNCC1F)C(c1nc(-c2cc(F)ccc2F)cn1Cc1ccccc1)C(C)(C)CCOC=O. The minimum absolute atomic E-state index is 0.0254. The lowest BCUT2D eigenvalue weighted by molar-refractivity contribution is -0.147. The van der Waals surface area contributed by atoms with Gasteiger partial charge in [0, 0.05) is 75.6 Å². The van der Waals surface area contributed by atoms with E-state index in [2.05, 4.69) is 5.32 Å². The number of alkyl halides is 1. The van der Waals surface area contributed by atoms with Crippen LogP contribution in [-0.2, 0) is 30.5 Å². The Morgan fingerprint density at radius 2 is 1.80 bits per heavy atom. The van der Waals surface area contributed by atoms with Gasteiger partial charge in [-0.3, -0.25) is 24.1 Å². The summed E-state index contributed by atoms with van der Waals surface area (Å²) in [5, 5.41) is 22.1. The fourth-order valence-corrected chi connectivity index (χ4v) is 6.70. The predicted octanol–water partition coefficient (Wildman–Crippen LogP) is 3.11. The van der Waals surface area contributed by atoms with Gasteiger partial charge in [0.05, 0.1) is 24.9 Å². The van der Waals surface area contributed by atoms with E-state index in [1.165, 1.54) is 28.9 Å². The molecule has 3 amide bonds. The summed E-state index contributed by atoms with van der Waals surface area (Å²) >= 11 is 0. The first-order valence-electron chi connectivity index (χ1n) is 18.4. The number of aromatic nitrogens is 2. The Morgan fingerprint density at radius 3 is 2.41 bits per heavy atom. The summed E-state index contributed by atoms with van der Waals surface area (Å²) in [6.45, 7) is 7.76. The molecule has 2 aromatic carbocycles. The van der Waals surface area contributed by atoms with Crippen LogP contribution in [0.3, 0.4) is 0 Å². The number of benzene rings is 2. The number of aliphatic hydroxyl groups excluding tert-OH is 2. The maximum atomic E-state index is 15.0. The molecule has 0 spiro atoms. The van der Waals surface area contributed by atoms with E-state index in [0.717, 1.165) is 23.8 Å². The second-order valence-electron chi connectivity index (χ2n) is 14.6. The second-order valence-corrected chi connectivity index (χ2v) is 14.6. The summed E-state index contributed by atoms with van der Waals surface area (Å²) in [7, 11) is 1.83. The summed E-state index contributed by atoms with van der Waals surface area (Å²) in [6.07, 6.45) is 1.81. The number of carbonyl (C=O) groups excluding carboxylic acids is 4. The lowest BCUT2D eigenvalue weighted by atomic mass is 9.79. The number of imide groups is 1. The molecule has 2 aliphatic heterocycles. The Kier molecular flexibility index (Phi) is 15.9. The third kappa shape index (κ3) is 11.6. The van der Waals surface area contributed by atoms with Crippen LogP contribution in [0.4, 0.5) is 13.2 Å². The highest BCUT2D eigenvalue weighted by Crippen LogP contribution is 2.43. The molecule has 304 valence electrons. The lowest BCUT2D eigenvalue weighted by Crippen LogP contribution is -2.50. The van der Waals surface area contributed by atoms with Crippen molar-refractivity contribution in [1.82, 2.24) is 29.6 Å². The highest BCUT2D eigenvalue weighted by molar-refractivity contribution is 6.12. The average molecular weight is 785 g/mol. The van der Waals surface area contributed by atoms with Crippen molar-refractivity contribution >= 4 is 24.2 Å². The van der Waals surface area contributed by atoms with E-state index in [1.54, 1.807) is 10.8 Å². The van der Waals surface area contributed by atoms with Crippen molar-refractivity contribution in [2.24, 2.45) is 11.3 Å². The molecule has 3 aromatic rings. The number of amides is 3. The summed E-state index contributed by atoms with van der Waals surface area (Å²) in [6, 6.07) is 11.6. The topological polar surface area (TPSA) is 158 Å². The summed E-state index contributed by atoms with van der Waals surface area (Å²) in [5.41, 5.74) is 0.142. The number of nitrogens with zero attached hydrogens (tertiary/aromatic N) is 5. The van der Waals surface area contributed by atoms with E-state index < -0.39 is 47.2 Å². The standard InChI is InChI=1S/C31H37F3N4O4.C9H14N2O3/c1-20(40)30(41)38(17-22-14-35-15-26(22)34)28(31(2,3)11-12-42-19-39)29-36-27(24-13-23(32)9-10-25(24)33)18-37(29)16-21-7-5-4-6-8-21;1-10(6-7-12)4-5-11-8(13)2-3-9(11)14/h4-10,13,18-20,22,26,28,35,40H,11-12,14-17H2,1-3H3;2-3,12H,4-7H2,1H3/t20-,22?,26?,28?;/m0./s1. The van der Waals surface area contributed by atoms with Gasteiger partial charge in [-0.2, -0.15) is 0 Å². The Balaban J connectivity index is 0.000000419. The fourth-order valence-electron chi connectivity index (χ4n) is 6.70. The molecule has 1 saturated heterocycles. The van der Waals surface area contributed by atoms with Crippen LogP contribution in [0.5, 0.6) is 0 Å². The first kappa shape index (κ1) is 43.8. The molecule has 2 aliphatic rings. The van der Waals surface area contributed by atoms with Gasteiger partial charge in [0.25, 0.3) is 24.2 Å². The Hall–Kier alpha value is -4.90. The zero-order chi connectivity index (χ0) is 41.0. The van der Waals surface area contributed by atoms with Gasteiger partial charge in [0.2, 0.25) is 0 Å². The molecular weight excluding hydrogens is 733 g/mol. The smallest absolute Gasteiger partial charge is 0.293 e. The molecule has 16 heteroatoms. The number of rotatable bonds is 18. The van der Waals surface area contributed by atoms with Gasteiger partial charge < -0.3 is 34.6 Å². The monoisotopic (exact) mass is 784 g/mol. The van der Waals surface area contributed by atoms with Crippen molar-refractivity contribution in [3.63, 3.8) is 0 Å². The number of ether oxygens (including phenoxy) is 1. The van der Waals surface area contributed by atoms with Gasteiger partial charge in [-0.25, -0.2) is 18.2 Å². The molecular formula is C40H51F3N6O7. The van der Waals surface area contributed by atoms with Crippen molar-refractivity contribution < 1.29 is 47.3 Å². The molecule has 0 saturated carbocycles. The maximum absolute atomic E-state index is 15.0. The molecule has 5 rings (SSSR count). The van der Waals surface area contributed by atoms with Crippen LogP contribution in [-0.4, -0.2) is 130 Å². The number of imidazole rings is 1. The maximum Gasteiger partial charge on any atom is 0.293 e. The van der Waals surface area contributed by atoms with E-state index in [4.69, 9.17) is 14.8 Å². The predicted molar refractivity (Wildman–Crippen MR) is 201 cm³/mol. The van der Waals surface area contributed by atoms with E-state index >= 15 is 0 Å². The van der Waals surface area contributed by atoms with E-state index in [9.17, 15) is 37.5 Å². The van der Waals surface area contributed by atoms with Crippen molar-refractivity contribution in [2.45, 2.75) is 52.1 Å². The molecule has 0 aliphatic carbocycles. The number of likely N-dealkylation sites (N-methyl/N-ethyl adjacent to an activating group) is 1. The Bertz CT molecular complexity index is 1800. The second kappa shape index (κ2) is 20.3. The van der Waals surface area contributed by atoms with Crippen LogP contribution >= 0.6 is 0 Å². The fraction of sp³-hybridized carbons (Fsp3) is 0.475. The summed E-state index contributed by atoms with van der Waals surface area (Å²) in [5.74, 6) is -2.66. The first-order chi connectivity index (χ1) is 26.7. The molecule has 1 fully saturated rings. The highest BCUT2D eigenvalue weighted by atomic mass is 19.1. The molecule has 13 nitrogen and oxygen atoms in total. The van der Waals surface area contributed by atoms with Gasteiger partial charge in [-0.05, 0) is 49.6 Å². The zero-order valence-corrected chi connectivity index (χ0v) is 32.1. The molecule has 56 heavy (non-hydrogen) atoms. The lowest BCUT2D eigenvalue weighted by Gasteiger charge is -2.43. The van der Waals surface area contributed by atoms with Crippen LogP contribution in [0.15, 0.2) is 66.9 Å². The van der Waals surface area contributed by atoms with E-state index in [-0.39, 0.29) is 62.3 Å². The van der Waals surface area contributed by atoms with Crippen molar-refractivity contribution in [2.75, 3.05) is 59.5 Å². The Morgan fingerprint density at radius 1 is 1.11 bits per heavy atom. The number of aliphatic hydroxyl groups is 2. The van der Waals surface area contributed by atoms with Crippen LogP contribution in [0.1, 0.15) is 44.6 Å². The molecule has 3 unspecified atom stereocenters. The summed E-state index contributed by atoms with van der Waals surface area (Å²) in [4.78, 5) is 56.1. The van der Waals surface area contributed by atoms with Crippen molar-refractivity contribution in [3.05, 3.63) is 89.9 Å². The number of carbonyl (C=O) groups is 4. The van der Waals surface area contributed by atoms with E-state index in [0.29, 0.717) is 38.5 Å². The number of hydrogen-bond donors (Lipinski definition) is 3. The van der Waals surface area contributed by atoms with Gasteiger partial charge >= 0.3 is 0 Å². The quantitative estimate of drug-likeness (QED) is 0.0996. The minimum Gasteiger partial charge on any atom is -0.468 e. The van der Waals surface area contributed by atoms with Crippen LogP contribution in [0.25, 0.3) is 11.3 Å². The van der Waals surface area contributed by atoms with Crippen molar-refractivity contribution in [3.8, 4) is 11.3 Å². The average Bonchev–Trinajstić information content (AvgIpc) is 3.85. The van der Waals surface area contributed by atoms with Gasteiger partial charge in [0.1, 0.15) is 29.7 Å². The number of halogens is 3. The third-order valence-electron chi connectivity index (χ3n) is 9.85. The Labute approximate surface area is 324 Å². The van der Waals surface area contributed by atoms with Gasteiger partial charge in [-0.1, -0.05) is 44.2 Å². The normalized spacial score (nSPS) is 17.9. The number of hydrogen-bond acceptors (Lipinski definition) is 10. The van der Waals surface area contributed by atoms with Gasteiger partial charge in [-0.15, -0.1) is 0 Å². The van der Waals surface area contributed by atoms with Crippen molar-refractivity contribution in [1.29, 1.82) is 0 Å².